The van der Waals surface area contributed by atoms with Gasteiger partial charge in [-0.2, -0.15) is 0 Å². The number of carbonyl (C=O) groups excluding carboxylic acids is 1. The number of oxazole rings is 1. The van der Waals surface area contributed by atoms with Crippen LogP contribution in [0, 0.1) is 12.8 Å². The number of methoxy groups -OCH3 is 2. The zero-order valence-electron chi connectivity index (χ0n) is 28.0. The van der Waals surface area contributed by atoms with Gasteiger partial charge in [-0.1, -0.05) is 45.9 Å². The Morgan fingerprint density at radius 3 is 2.33 bits per heavy atom. The Labute approximate surface area is 255 Å². The molecule has 9 heteroatoms. The highest BCUT2D eigenvalue weighted by Crippen LogP contribution is 2.40. The summed E-state index contributed by atoms with van der Waals surface area (Å²) in [6.07, 6.45) is 11.9. The van der Waals surface area contributed by atoms with Crippen molar-refractivity contribution >= 4 is 20.7 Å². The lowest BCUT2D eigenvalue weighted by atomic mass is 9.88. The van der Waals surface area contributed by atoms with E-state index in [-0.39, 0.29) is 36.1 Å². The number of aromatic nitrogens is 1. The molecule has 0 aliphatic heterocycles. The highest BCUT2D eigenvalue weighted by atomic mass is 28.4. The SMILES string of the molecule is COCCOCO[C@@H](C[C@H](O[Si](C)(C)C(C)(C)C)[C@H](C)[C@@H](OC)/C(C)=C/C=C/C(C)=C/c1coc(C)n1)/C(C)=C/C=O. The van der Waals surface area contributed by atoms with Crippen LogP contribution in [0.1, 0.15) is 66.5 Å². The van der Waals surface area contributed by atoms with Crippen molar-refractivity contribution < 1.29 is 32.6 Å². The van der Waals surface area contributed by atoms with E-state index in [1.165, 1.54) is 0 Å². The van der Waals surface area contributed by atoms with E-state index >= 15 is 0 Å². The minimum absolute atomic E-state index is 0.00643. The number of nitrogens with zero attached hydrogens (tertiary/aromatic N) is 1. The molecular formula is C33H55NO7Si. The van der Waals surface area contributed by atoms with Crippen molar-refractivity contribution in [3.05, 3.63) is 58.9 Å². The Morgan fingerprint density at radius 1 is 1.10 bits per heavy atom. The third kappa shape index (κ3) is 13.0. The number of rotatable bonds is 19. The van der Waals surface area contributed by atoms with Crippen LogP contribution in [0.3, 0.4) is 0 Å². The standard InChI is InChI=1S/C33H55NO7Si/c1-24(20-29-22-39-28(5)34-29)14-13-15-26(3)32(37-10)27(4)31(41-42(11,12)33(6,7)8)21-30(25(2)16-17-35)40-23-38-19-18-36-9/h13-17,20,22,27,30-32H,18-19,21,23H2,1-12H3/b14-13+,24-20+,25-16+,26-15+/t27-,30-,31-,32-/m0/s1. The van der Waals surface area contributed by atoms with Gasteiger partial charge >= 0.3 is 0 Å². The summed E-state index contributed by atoms with van der Waals surface area (Å²) in [6, 6.07) is 0. The van der Waals surface area contributed by atoms with Crippen molar-refractivity contribution in [1.29, 1.82) is 0 Å². The average Bonchev–Trinajstić information content (AvgIpc) is 3.30. The maximum Gasteiger partial charge on any atom is 0.192 e. The van der Waals surface area contributed by atoms with Crippen molar-refractivity contribution in [2.24, 2.45) is 5.92 Å². The van der Waals surface area contributed by atoms with Gasteiger partial charge in [0, 0.05) is 33.5 Å². The van der Waals surface area contributed by atoms with E-state index in [9.17, 15) is 4.79 Å². The Bertz CT molecular complexity index is 1060. The summed E-state index contributed by atoms with van der Waals surface area (Å²) >= 11 is 0. The van der Waals surface area contributed by atoms with Crippen LogP contribution in [0.15, 0.2) is 51.7 Å². The molecule has 0 aromatic carbocycles. The summed E-state index contributed by atoms with van der Waals surface area (Å²) in [6.45, 7) is 22.2. The molecule has 1 heterocycles. The second kappa shape index (κ2) is 18.5. The number of hydrogen-bond donors (Lipinski definition) is 0. The first-order valence-electron chi connectivity index (χ1n) is 14.6. The first kappa shape index (κ1) is 37.9. The zero-order valence-corrected chi connectivity index (χ0v) is 29.0. The molecule has 0 radical (unpaired) electrons. The Hall–Kier alpha value is -2.14. The van der Waals surface area contributed by atoms with Gasteiger partial charge in [0.1, 0.15) is 25.0 Å². The van der Waals surface area contributed by atoms with Gasteiger partial charge in [-0.15, -0.1) is 0 Å². The van der Waals surface area contributed by atoms with E-state index in [4.69, 9.17) is 27.8 Å². The van der Waals surface area contributed by atoms with Crippen LogP contribution in [0.2, 0.25) is 18.1 Å². The van der Waals surface area contributed by atoms with Crippen molar-refractivity contribution in [3.63, 3.8) is 0 Å². The molecule has 1 aromatic heterocycles. The van der Waals surface area contributed by atoms with E-state index in [2.05, 4.69) is 58.8 Å². The Kier molecular flexibility index (Phi) is 16.7. The van der Waals surface area contributed by atoms with Crippen molar-refractivity contribution in [3.8, 4) is 0 Å². The Morgan fingerprint density at radius 2 is 1.79 bits per heavy atom. The molecule has 4 atom stereocenters. The van der Waals surface area contributed by atoms with Crippen LogP contribution in [0.5, 0.6) is 0 Å². The average molecular weight is 606 g/mol. The topological polar surface area (TPSA) is 89.2 Å². The minimum atomic E-state index is -2.17. The van der Waals surface area contributed by atoms with Crippen molar-refractivity contribution in [2.75, 3.05) is 34.2 Å². The molecule has 1 aromatic rings. The molecule has 42 heavy (non-hydrogen) atoms. The lowest BCUT2D eigenvalue weighted by Crippen LogP contribution is -2.48. The second-order valence-corrected chi connectivity index (χ2v) is 17.1. The highest BCUT2D eigenvalue weighted by Gasteiger charge is 2.42. The molecule has 1 rings (SSSR count). The zero-order chi connectivity index (χ0) is 31.9. The van der Waals surface area contributed by atoms with Crippen LogP contribution in [-0.4, -0.2) is 72.1 Å². The highest BCUT2D eigenvalue weighted by molar-refractivity contribution is 6.74. The van der Waals surface area contributed by atoms with E-state index in [1.807, 2.05) is 39.0 Å². The van der Waals surface area contributed by atoms with E-state index in [1.54, 1.807) is 26.6 Å². The minimum Gasteiger partial charge on any atom is -0.449 e. The van der Waals surface area contributed by atoms with Crippen LogP contribution in [0.25, 0.3) is 6.08 Å². The van der Waals surface area contributed by atoms with Crippen LogP contribution >= 0.6 is 0 Å². The normalized spacial score (nSPS) is 17.0. The monoisotopic (exact) mass is 605 g/mol. The molecule has 0 unspecified atom stereocenters. The van der Waals surface area contributed by atoms with Gasteiger partial charge in [-0.25, -0.2) is 4.98 Å². The smallest absolute Gasteiger partial charge is 0.192 e. The van der Waals surface area contributed by atoms with Gasteiger partial charge in [0.2, 0.25) is 0 Å². The fourth-order valence-corrected chi connectivity index (χ4v) is 5.67. The first-order valence-corrected chi connectivity index (χ1v) is 17.5. The van der Waals surface area contributed by atoms with Crippen LogP contribution in [0.4, 0.5) is 0 Å². The second-order valence-electron chi connectivity index (χ2n) is 12.3. The van der Waals surface area contributed by atoms with Gasteiger partial charge < -0.3 is 27.8 Å². The predicted octanol–water partition coefficient (Wildman–Crippen LogP) is 7.47. The maximum absolute atomic E-state index is 11.4. The lowest BCUT2D eigenvalue weighted by molar-refractivity contribution is -0.106. The molecule has 0 saturated heterocycles. The number of aryl methyl sites for hydroxylation is 1. The lowest BCUT2D eigenvalue weighted by Gasteiger charge is -2.43. The molecule has 0 spiro atoms. The molecule has 0 N–H and O–H groups in total. The number of allylic oxidation sites excluding steroid dienone is 5. The quantitative estimate of drug-likeness (QED) is 0.0401. The fourth-order valence-electron chi connectivity index (χ4n) is 4.25. The summed E-state index contributed by atoms with van der Waals surface area (Å²) in [5, 5.41) is 0.0146. The molecule has 0 saturated carbocycles. The van der Waals surface area contributed by atoms with Gasteiger partial charge in [-0.05, 0) is 67.8 Å². The van der Waals surface area contributed by atoms with Gasteiger partial charge in [0.25, 0.3) is 0 Å². The summed E-state index contributed by atoms with van der Waals surface area (Å²) in [5.41, 5.74) is 3.75. The molecule has 0 fully saturated rings. The molecule has 238 valence electrons. The molecule has 0 amide bonds. The summed E-state index contributed by atoms with van der Waals surface area (Å²) < 4.78 is 35.2. The van der Waals surface area contributed by atoms with Crippen LogP contribution < -0.4 is 0 Å². The molecular weight excluding hydrogens is 550 g/mol. The summed E-state index contributed by atoms with van der Waals surface area (Å²) in [5.74, 6) is 0.635. The largest absolute Gasteiger partial charge is 0.449 e. The van der Waals surface area contributed by atoms with E-state index in [0.29, 0.717) is 25.5 Å². The van der Waals surface area contributed by atoms with E-state index < -0.39 is 8.32 Å². The molecule has 0 aliphatic rings. The van der Waals surface area contributed by atoms with Crippen molar-refractivity contribution in [1.82, 2.24) is 4.98 Å². The third-order valence-corrected chi connectivity index (χ3v) is 12.3. The maximum atomic E-state index is 11.4. The number of carbonyl (C=O) groups is 1. The molecule has 8 nitrogen and oxygen atoms in total. The fraction of sp³-hybridized carbons (Fsp3) is 0.636. The molecule has 0 bridgehead atoms. The summed E-state index contributed by atoms with van der Waals surface area (Å²) in [4.78, 5) is 15.7. The Balaban J connectivity index is 3.27. The number of hydrogen-bond acceptors (Lipinski definition) is 8. The van der Waals surface area contributed by atoms with Crippen molar-refractivity contribution in [2.45, 2.75) is 98.3 Å². The predicted molar refractivity (Wildman–Crippen MR) is 172 cm³/mol. The van der Waals surface area contributed by atoms with Gasteiger partial charge in [0.05, 0.1) is 31.5 Å². The van der Waals surface area contributed by atoms with Gasteiger partial charge in [0.15, 0.2) is 14.2 Å². The van der Waals surface area contributed by atoms with Crippen LogP contribution in [-0.2, 0) is 28.2 Å². The number of ether oxygens (including phenoxy) is 4. The third-order valence-electron chi connectivity index (χ3n) is 7.82. The molecule has 0 aliphatic carbocycles. The first-order chi connectivity index (χ1) is 19.7. The van der Waals surface area contributed by atoms with Gasteiger partial charge in [-0.3, -0.25) is 4.79 Å². The number of aldehydes is 1. The summed E-state index contributed by atoms with van der Waals surface area (Å²) in [7, 11) is 1.19. The van der Waals surface area contributed by atoms with E-state index in [0.717, 1.165) is 28.7 Å².